The fraction of sp³-hybridized carbons (Fsp3) is 0.316. The minimum absolute atomic E-state index is 0.116. The van der Waals surface area contributed by atoms with Crippen molar-refractivity contribution in [2.45, 2.75) is 19.0 Å². The van der Waals surface area contributed by atoms with Gasteiger partial charge in [0.15, 0.2) is 0 Å². The highest BCUT2D eigenvalue weighted by Gasteiger charge is 2.19. The highest BCUT2D eigenvalue weighted by molar-refractivity contribution is 5.82. The number of likely N-dealkylation sites (N-methyl/N-ethyl adjacent to an activating group) is 1. The number of rotatable bonds is 6. The zero-order chi connectivity index (χ0) is 16.8. The second-order valence-electron chi connectivity index (χ2n) is 6.02. The first-order chi connectivity index (χ1) is 11.0. The topological polar surface area (TPSA) is 58.4 Å². The molecule has 0 aliphatic heterocycles. The van der Waals surface area contributed by atoms with Crippen molar-refractivity contribution < 1.29 is 4.79 Å². The highest BCUT2D eigenvalue weighted by Crippen LogP contribution is 2.17. The Bertz CT molecular complexity index is 623. The molecule has 1 amide bonds. The molecule has 0 aliphatic rings. The van der Waals surface area contributed by atoms with Crippen LogP contribution in [0.2, 0.25) is 0 Å². The van der Waals surface area contributed by atoms with Gasteiger partial charge in [-0.25, -0.2) is 0 Å². The van der Waals surface area contributed by atoms with Gasteiger partial charge in [0.1, 0.15) is 6.04 Å². The summed E-state index contributed by atoms with van der Waals surface area (Å²) in [6, 6.07) is 17.3. The fourth-order valence-electron chi connectivity index (χ4n) is 2.51. The van der Waals surface area contributed by atoms with Gasteiger partial charge in [-0.15, -0.1) is 0 Å². The molecular formula is C19H25N3O. The number of aryl methyl sites for hydroxylation is 1. The number of nitrogens with one attached hydrogen (secondary N) is 1. The van der Waals surface area contributed by atoms with Crippen LogP contribution in [0.5, 0.6) is 0 Å². The van der Waals surface area contributed by atoms with Crippen LogP contribution in [0.4, 0.5) is 0 Å². The van der Waals surface area contributed by atoms with Gasteiger partial charge in [0.25, 0.3) is 0 Å². The van der Waals surface area contributed by atoms with Gasteiger partial charge in [0.05, 0.1) is 6.04 Å². The maximum atomic E-state index is 12.3. The SMILES string of the molecule is Cc1ccc(C(N)C(=O)NCC(c2ccccc2)N(C)C)cc1. The molecule has 0 saturated carbocycles. The molecule has 0 aliphatic carbocycles. The van der Waals surface area contributed by atoms with E-state index in [-0.39, 0.29) is 11.9 Å². The Hall–Kier alpha value is -2.17. The Morgan fingerprint density at radius 2 is 1.65 bits per heavy atom. The van der Waals surface area contributed by atoms with Gasteiger partial charge in [-0.2, -0.15) is 0 Å². The molecule has 0 spiro atoms. The number of benzene rings is 2. The third-order valence-corrected chi connectivity index (χ3v) is 4.00. The summed E-state index contributed by atoms with van der Waals surface area (Å²) in [7, 11) is 4.01. The molecule has 3 N–H and O–H groups in total. The standard InChI is InChI=1S/C19H25N3O/c1-14-9-11-16(12-10-14)18(20)19(23)21-13-17(22(2)3)15-7-5-4-6-8-15/h4-12,17-18H,13,20H2,1-3H3,(H,21,23). The molecule has 0 radical (unpaired) electrons. The van der Waals surface area contributed by atoms with Crippen molar-refractivity contribution in [3.63, 3.8) is 0 Å². The third-order valence-electron chi connectivity index (χ3n) is 4.00. The molecule has 0 saturated heterocycles. The van der Waals surface area contributed by atoms with Gasteiger partial charge in [0, 0.05) is 6.54 Å². The van der Waals surface area contributed by atoms with Crippen molar-refractivity contribution in [1.29, 1.82) is 0 Å². The molecule has 2 aromatic rings. The molecule has 0 aromatic heterocycles. The van der Waals surface area contributed by atoms with Gasteiger partial charge in [-0.1, -0.05) is 60.2 Å². The number of amides is 1. The monoisotopic (exact) mass is 311 g/mol. The molecule has 0 fully saturated rings. The van der Waals surface area contributed by atoms with E-state index in [0.717, 1.165) is 11.1 Å². The lowest BCUT2D eigenvalue weighted by molar-refractivity contribution is -0.122. The second-order valence-corrected chi connectivity index (χ2v) is 6.02. The van der Waals surface area contributed by atoms with Crippen molar-refractivity contribution in [3.8, 4) is 0 Å². The van der Waals surface area contributed by atoms with E-state index >= 15 is 0 Å². The Kier molecular flexibility index (Phi) is 5.90. The van der Waals surface area contributed by atoms with E-state index in [1.165, 1.54) is 5.56 Å². The number of hydrogen-bond acceptors (Lipinski definition) is 3. The summed E-state index contributed by atoms with van der Waals surface area (Å²) < 4.78 is 0. The summed E-state index contributed by atoms with van der Waals surface area (Å²) in [6.45, 7) is 2.53. The van der Waals surface area contributed by atoms with E-state index in [4.69, 9.17) is 5.73 Å². The quantitative estimate of drug-likeness (QED) is 0.861. The van der Waals surface area contributed by atoms with Gasteiger partial charge in [0.2, 0.25) is 5.91 Å². The largest absolute Gasteiger partial charge is 0.353 e. The average molecular weight is 311 g/mol. The normalized spacial score (nSPS) is 13.6. The van der Waals surface area contributed by atoms with Crippen molar-refractivity contribution in [1.82, 2.24) is 10.2 Å². The van der Waals surface area contributed by atoms with Crippen molar-refractivity contribution in [2.24, 2.45) is 5.73 Å². The molecular weight excluding hydrogens is 286 g/mol. The van der Waals surface area contributed by atoms with E-state index in [1.54, 1.807) is 0 Å². The Labute approximate surface area is 138 Å². The zero-order valence-corrected chi connectivity index (χ0v) is 14.0. The van der Waals surface area contributed by atoms with E-state index in [9.17, 15) is 4.79 Å². The number of carbonyl (C=O) groups excluding carboxylic acids is 1. The predicted molar refractivity (Wildman–Crippen MR) is 94.0 cm³/mol. The van der Waals surface area contributed by atoms with Crippen LogP contribution in [0.25, 0.3) is 0 Å². The highest BCUT2D eigenvalue weighted by atomic mass is 16.2. The first-order valence-electron chi connectivity index (χ1n) is 7.80. The lowest BCUT2D eigenvalue weighted by Crippen LogP contribution is -2.39. The molecule has 0 heterocycles. The molecule has 2 aromatic carbocycles. The number of nitrogens with zero attached hydrogens (tertiary/aromatic N) is 1. The zero-order valence-electron chi connectivity index (χ0n) is 14.0. The molecule has 2 unspecified atom stereocenters. The van der Waals surface area contributed by atoms with Crippen LogP contribution in [0.1, 0.15) is 28.8 Å². The maximum absolute atomic E-state index is 12.3. The van der Waals surface area contributed by atoms with Gasteiger partial charge >= 0.3 is 0 Å². The minimum Gasteiger partial charge on any atom is -0.353 e. The number of carbonyl (C=O) groups is 1. The minimum atomic E-state index is -0.644. The Morgan fingerprint density at radius 1 is 1.04 bits per heavy atom. The molecule has 2 rings (SSSR count). The molecule has 4 nitrogen and oxygen atoms in total. The van der Waals surface area contributed by atoms with Gasteiger partial charge in [-0.3, -0.25) is 4.79 Å². The van der Waals surface area contributed by atoms with Gasteiger partial charge in [-0.05, 0) is 32.1 Å². The summed E-state index contributed by atoms with van der Waals surface area (Å²) in [5.41, 5.74) is 9.21. The van der Waals surface area contributed by atoms with Crippen LogP contribution in [0.15, 0.2) is 54.6 Å². The van der Waals surface area contributed by atoms with Crippen molar-refractivity contribution in [2.75, 3.05) is 20.6 Å². The smallest absolute Gasteiger partial charge is 0.241 e. The predicted octanol–water partition coefficient (Wildman–Crippen LogP) is 2.41. The van der Waals surface area contributed by atoms with E-state index < -0.39 is 6.04 Å². The van der Waals surface area contributed by atoms with Crippen LogP contribution < -0.4 is 11.1 Å². The number of nitrogens with two attached hydrogens (primary N) is 1. The van der Waals surface area contributed by atoms with Crippen molar-refractivity contribution >= 4 is 5.91 Å². The van der Waals surface area contributed by atoms with Crippen LogP contribution in [0.3, 0.4) is 0 Å². The summed E-state index contributed by atoms with van der Waals surface area (Å²) in [4.78, 5) is 14.4. The summed E-state index contributed by atoms with van der Waals surface area (Å²) in [6.07, 6.45) is 0. The van der Waals surface area contributed by atoms with Gasteiger partial charge < -0.3 is 16.0 Å². The van der Waals surface area contributed by atoms with Crippen LogP contribution in [-0.2, 0) is 4.79 Å². The van der Waals surface area contributed by atoms with Crippen LogP contribution in [-0.4, -0.2) is 31.4 Å². The fourth-order valence-corrected chi connectivity index (χ4v) is 2.51. The Morgan fingerprint density at radius 3 is 2.22 bits per heavy atom. The van der Waals surface area contributed by atoms with E-state index in [1.807, 2.05) is 63.5 Å². The lowest BCUT2D eigenvalue weighted by Gasteiger charge is -2.25. The van der Waals surface area contributed by atoms with E-state index in [0.29, 0.717) is 6.54 Å². The maximum Gasteiger partial charge on any atom is 0.241 e. The average Bonchev–Trinajstić information content (AvgIpc) is 2.55. The molecule has 122 valence electrons. The first-order valence-corrected chi connectivity index (χ1v) is 7.80. The lowest BCUT2D eigenvalue weighted by atomic mass is 10.0. The third kappa shape index (κ3) is 4.65. The Balaban J connectivity index is 2.00. The van der Waals surface area contributed by atoms with Crippen LogP contribution in [0, 0.1) is 6.92 Å². The summed E-state index contributed by atoms with van der Waals surface area (Å²) >= 11 is 0. The summed E-state index contributed by atoms with van der Waals surface area (Å²) in [5.74, 6) is -0.156. The number of hydrogen-bond donors (Lipinski definition) is 2. The van der Waals surface area contributed by atoms with Crippen LogP contribution >= 0.6 is 0 Å². The molecule has 2 atom stereocenters. The molecule has 4 heteroatoms. The molecule has 0 bridgehead atoms. The first kappa shape index (κ1) is 17.2. The molecule has 23 heavy (non-hydrogen) atoms. The summed E-state index contributed by atoms with van der Waals surface area (Å²) in [5, 5.41) is 2.97. The van der Waals surface area contributed by atoms with Crippen molar-refractivity contribution in [3.05, 3.63) is 71.3 Å². The van der Waals surface area contributed by atoms with E-state index in [2.05, 4.69) is 22.3 Å². The second kappa shape index (κ2) is 7.90.